The highest BCUT2D eigenvalue weighted by Gasteiger charge is 2.23. The fraction of sp³-hybridized carbons (Fsp3) is 0.308. The molecule has 2 heterocycles. The third-order valence-electron chi connectivity index (χ3n) is 5.79. The molecule has 1 aliphatic rings. The van der Waals surface area contributed by atoms with Crippen molar-refractivity contribution < 1.29 is 4.79 Å². The normalized spacial score (nSPS) is 13.5. The number of nitrogens with one attached hydrogen (secondary N) is 1. The van der Waals surface area contributed by atoms with Gasteiger partial charge < -0.3 is 4.57 Å². The maximum atomic E-state index is 12.3. The standard InChI is InChI=1S/C26H27ClN4OS2/c1-3-11-30-16-20(15-28-30)31-17(2)26(23-10-7-19(27)14-24(23)31)33-22-6-4-5-18(12-22)13-25(32)29-34-21-8-9-21/h4-7,10,12,14-16,21H,3,8-9,11,13H2,1-2H3,(H,29,32). The number of benzene rings is 2. The van der Waals surface area contributed by atoms with Crippen LogP contribution >= 0.6 is 35.3 Å². The van der Waals surface area contributed by atoms with E-state index in [-0.39, 0.29) is 5.91 Å². The lowest BCUT2D eigenvalue weighted by atomic mass is 10.1. The van der Waals surface area contributed by atoms with E-state index in [1.165, 1.54) is 17.7 Å². The Hall–Kier alpha value is -2.35. The summed E-state index contributed by atoms with van der Waals surface area (Å²) in [5.74, 6) is 0.0607. The molecular formula is C26H27ClN4OS2. The Bertz CT molecular complexity index is 1340. The highest BCUT2D eigenvalue weighted by molar-refractivity contribution is 7.99. The number of halogens is 1. The number of carbonyl (C=O) groups excluding carboxylic acids is 1. The molecule has 1 N–H and O–H groups in total. The number of amides is 1. The van der Waals surface area contributed by atoms with Crippen LogP contribution in [-0.4, -0.2) is 25.5 Å². The van der Waals surface area contributed by atoms with Crippen molar-refractivity contribution in [2.45, 2.75) is 61.1 Å². The van der Waals surface area contributed by atoms with E-state index < -0.39 is 0 Å². The molecule has 0 aliphatic heterocycles. The maximum Gasteiger partial charge on any atom is 0.234 e. The Kier molecular flexibility index (Phi) is 6.95. The topological polar surface area (TPSA) is 51.9 Å². The molecule has 0 bridgehead atoms. The van der Waals surface area contributed by atoms with Gasteiger partial charge in [-0.1, -0.05) is 48.5 Å². The zero-order valence-corrected chi connectivity index (χ0v) is 21.6. The van der Waals surface area contributed by atoms with Crippen molar-refractivity contribution >= 4 is 52.1 Å². The van der Waals surface area contributed by atoms with Gasteiger partial charge in [-0.25, -0.2) is 0 Å². The zero-order chi connectivity index (χ0) is 23.7. The van der Waals surface area contributed by atoms with Crippen LogP contribution < -0.4 is 4.72 Å². The van der Waals surface area contributed by atoms with Crippen LogP contribution in [0.4, 0.5) is 0 Å². The molecule has 0 radical (unpaired) electrons. The summed E-state index contributed by atoms with van der Waals surface area (Å²) in [6.07, 6.45) is 7.83. The van der Waals surface area contributed by atoms with Crippen LogP contribution in [0.5, 0.6) is 0 Å². The summed E-state index contributed by atoms with van der Waals surface area (Å²) in [4.78, 5) is 14.6. The average molecular weight is 511 g/mol. The van der Waals surface area contributed by atoms with Gasteiger partial charge >= 0.3 is 0 Å². The fourth-order valence-electron chi connectivity index (χ4n) is 4.03. The Labute approximate surface area is 213 Å². The van der Waals surface area contributed by atoms with Gasteiger partial charge in [-0.3, -0.25) is 14.2 Å². The average Bonchev–Trinajstić information content (AvgIpc) is 3.48. The van der Waals surface area contributed by atoms with Gasteiger partial charge in [0.05, 0.1) is 23.8 Å². The van der Waals surface area contributed by atoms with Crippen LogP contribution in [0.15, 0.2) is 64.6 Å². The largest absolute Gasteiger partial charge is 0.310 e. The molecule has 34 heavy (non-hydrogen) atoms. The first-order valence-electron chi connectivity index (χ1n) is 11.6. The van der Waals surface area contributed by atoms with Crippen molar-refractivity contribution in [3.63, 3.8) is 0 Å². The molecule has 0 atom stereocenters. The number of fused-ring (bicyclic) bond motifs is 1. The van der Waals surface area contributed by atoms with Crippen molar-refractivity contribution in [1.29, 1.82) is 0 Å². The summed E-state index contributed by atoms with van der Waals surface area (Å²) < 4.78 is 7.19. The van der Waals surface area contributed by atoms with Crippen LogP contribution in [0, 0.1) is 6.92 Å². The molecule has 1 amide bonds. The van der Waals surface area contributed by atoms with Gasteiger partial charge in [0.2, 0.25) is 5.91 Å². The quantitative estimate of drug-likeness (QED) is 0.251. The second-order valence-corrected chi connectivity index (χ2v) is 11.3. The van der Waals surface area contributed by atoms with E-state index in [2.05, 4.69) is 52.6 Å². The Morgan fingerprint density at radius 2 is 2.09 bits per heavy atom. The highest BCUT2D eigenvalue weighted by atomic mass is 35.5. The summed E-state index contributed by atoms with van der Waals surface area (Å²) >= 11 is 9.68. The van der Waals surface area contributed by atoms with E-state index in [1.54, 1.807) is 23.7 Å². The predicted molar refractivity (Wildman–Crippen MR) is 142 cm³/mol. The number of nitrogens with zero attached hydrogens (tertiary/aromatic N) is 3. The molecule has 1 fully saturated rings. The van der Waals surface area contributed by atoms with Gasteiger partial charge in [-0.15, -0.1) is 0 Å². The summed E-state index contributed by atoms with van der Waals surface area (Å²) in [6, 6.07) is 14.3. The number of aryl methyl sites for hydroxylation is 1. The van der Waals surface area contributed by atoms with E-state index in [9.17, 15) is 4.79 Å². The van der Waals surface area contributed by atoms with E-state index in [0.717, 1.165) is 45.7 Å². The maximum absolute atomic E-state index is 12.3. The molecule has 0 unspecified atom stereocenters. The van der Waals surface area contributed by atoms with Gasteiger partial charge in [-0.2, -0.15) is 5.10 Å². The molecule has 2 aromatic heterocycles. The first-order valence-corrected chi connectivity index (χ1v) is 13.6. The Morgan fingerprint density at radius 1 is 1.24 bits per heavy atom. The lowest BCUT2D eigenvalue weighted by Gasteiger charge is -2.08. The molecule has 1 aliphatic carbocycles. The van der Waals surface area contributed by atoms with E-state index in [1.807, 2.05) is 35.1 Å². The monoisotopic (exact) mass is 510 g/mol. The van der Waals surface area contributed by atoms with Gasteiger partial charge in [0.15, 0.2) is 0 Å². The number of carbonyl (C=O) groups is 1. The fourth-order valence-corrected chi connectivity index (χ4v) is 6.06. The molecule has 176 valence electrons. The predicted octanol–water partition coefficient (Wildman–Crippen LogP) is 6.82. The highest BCUT2D eigenvalue weighted by Crippen LogP contribution is 2.40. The molecule has 2 aromatic carbocycles. The minimum absolute atomic E-state index is 0.0607. The third-order valence-corrected chi connectivity index (χ3v) is 8.38. The van der Waals surface area contributed by atoms with Crippen molar-refractivity contribution in [1.82, 2.24) is 19.1 Å². The van der Waals surface area contributed by atoms with Crippen LogP contribution in [0.25, 0.3) is 16.6 Å². The Morgan fingerprint density at radius 3 is 2.88 bits per heavy atom. The summed E-state index contributed by atoms with van der Waals surface area (Å²) in [7, 11) is 0. The first kappa shape index (κ1) is 23.4. The third kappa shape index (κ3) is 5.16. The SMILES string of the molecule is CCCn1cc(-n2c(C)c(Sc3cccc(CC(=O)NSC4CC4)c3)c3ccc(Cl)cc32)cn1. The van der Waals surface area contributed by atoms with Gasteiger partial charge in [-0.05, 0) is 68.0 Å². The van der Waals surface area contributed by atoms with Crippen molar-refractivity contribution in [2.75, 3.05) is 0 Å². The molecule has 5 nitrogen and oxygen atoms in total. The lowest BCUT2D eigenvalue weighted by Crippen LogP contribution is -2.18. The molecular weight excluding hydrogens is 484 g/mol. The Balaban J connectivity index is 1.44. The summed E-state index contributed by atoms with van der Waals surface area (Å²) in [5, 5.41) is 7.00. The first-order chi connectivity index (χ1) is 16.5. The second kappa shape index (κ2) is 10.1. The van der Waals surface area contributed by atoms with E-state index >= 15 is 0 Å². The molecule has 4 aromatic rings. The van der Waals surface area contributed by atoms with Crippen LogP contribution in [0.1, 0.15) is 37.4 Å². The number of hydrogen-bond acceptors (Lipinski definition) is 4. The molecule has 8 heteroatoms. The number of aromatic nitrogens is 3. The van der Waals surface area contributed by atoms with Crippen molar-refractivity contribution in [2.24, 2.45) is 0 Å². The van der Waals surface area contributed by atoms with Gasteiger partial charge in [0.1, 0.15) is 0 Å². The minimum atomic E-state index is 0.0607. The molecule has 1 saturated carbocycles. The van der Waals surface area contributed by atoms with Crippen LogP contribution in [0.2, 0.25) is 5.02 Å². The minimum Gasteiger partial charge on any atom is -0.310 e. The number of hydrogen-bond donors (Lipinski definition) is 1. The zero-order valence-electron chi connectivity index (χ0n) is 19.3. The van der Waals surface area contributed by atoms with Crippen molar-refractivity contribution in [3.8, 4) is 5.69 Å². The number of rotatable bonds is 9. The molecule has 5 rings (SSSR count). The van der Waals surface area contributed by atoms with Crippen LogP contribution in [0.3, 0.4) is 0 Å². The second-order valence-electron chi connectivity index (χ2n) is 8.64. The summed E-state index contributed by atoms with van der Waals surface area (Å²) in [5.41, 5.74) is 4.26. The molecule has 0 saturated heterocycles. The van der Waals surface area contributed by atoms with Crippen LogP contribution in [-0.2, 0) is 17.8 Å². The molecule has 0 spiro atoms. The van der Waals surface area contributed by atoms with Gasteiger partial charge in [0, 0.05) is 43.9 Å². The lowest BCUT2D eigenvalue weighted by molar-refractivity contribution is -0.118. The smallest absolute Gasteiger partial charge is 0.234 e. The van der Waals surface area contributed by atoms with Gasteiger partial charge in [0.25, 0.3) is 0 Å². The van der Waals surface area contributed by atoms with E-state index in [0.29, 0.717) is 16.7 Å². The van der Waals surface area contributed by atoms with Crippen molar-refractivity contribution in [3.05, 3.63) is 71.1 Å². The summed E-state index contributed by atoms with van der Waals surface area (Å²) in [6.45, 7) is 5.18. The van der Waals surface area contributed by atoms with E-state index in [4.69, 9.17) is 11.6 Å².